The number of benzene rings is 1. The molecule has 0 N–H and O–H groups in total. The minimum atomic E-state index is -4.39. The minimum absolute atomic E-state index is 0. The van der Waals surface area contributed by atoms with Crippen LogP contribution in [0.5, 0.6) is 0 Å². The van der Waals surface area contributed by atoms with Gasteiger partial charge in [-0.15, -0.1) is 0 Å². The molecule has 3 rings (SSSR count). The van der Waals surface area contributed by atoms with Gasteiger partial charge in [0.1, 0.15) is 10.1 Å². The van der Waals surface area contributed by atoms with Gasteiger partial charge in [0, 0.05) is 0 Å². The molecular formula is C18H26NaO3PS. The molecule has 0 amide bonds. The third-order valence-electron chi connectivity index (χ3n) is 5.35. The normalized spacial score (nSPS) is 20.8. The van der Waals surface area contributed by atoms with Gasteiger partial charge in [0.15, 0.2) is 0 Å². The molecule has 2 aliphatic rings. The van der Waals surface area contributed by atoms with Crippen LogP contribution in [0, 0.1) is 0 Å². The molecule has 0 saturated heterocycles. The van der Waals surface area contributed by atoms with E-state index in [1.165, 1.54) is 70.3 Å². The van der Waals surface area contributed by atoms with E-state index in [1.807, 2.05) is 12.1 Å². The maximum absolute atomic E-state index is 11.8. The maximum atomic E-state index is 11.8. The van der Waals surface area contributed by atoms with E-state index in [1.54, 1.807) is 6.07 Å². The van der Waals surface area contributed by atoms with Crippen LogP contribution in [0.15, 0.2) is 29.2 Å². The van der Waals surface area contributed by atoms with Gasteiger partial charge in [-0.3, -0.25) is 0 Å². The van der Waals surface area contributed by atoms with Gasteiger partial charge in [0.2, 0.25) is 0 Å². The first-order valence-corrected chi connectivity index (χ1v) is 11.8. The molecular weight excluding hydrogens is 350 g/mol. The molecule has 128 valence electrons. The summed E-state index contributed by atoms with van der Waals surface area (Å²) in [5.41, 5.74) is 1.20. The molecule has 0 unspecified atom stereocenters. The zero-order chi connectivity index (χ0) is 16.3. The second kappa shape index (κ2) is 9.48. The molecule has 0 heterocycles. The Hall–Kier alpha value is 0.560. The Kier molecular flexibility index (Phi) is 8.24. The van der Waals surface area contributed by atoms with E-state index in [0.29, 0.717) is 11.3 Å². The van der Waals surface area contributed by atoms with Gasteiger partial charge in [-0.05, 0) is 48.4 Å². The van der Waals surface area contributed by atoms with Crippen LogP contribution in [0.4, 0.5) is 0 Å². The second-order valence-electron chi connectivity index (χ2n) is 6.91. The largest absolute Gasteiger partial charge is 1.00 e. The summed E-state index contributed by atoms with van der Waals surface area (Å²) < 4.78 is 35.3. The van der Waals surface area contributed by atoms with Crippen LogP contribution < -0.4 is 34.9 Å². The van der Waals surface area contributed by atoms with Crippen molar-refractivity contribution in [1.29, 1.82) is 0 Å². The first-order chi connectivity index (χ1) is 11.1. The molecule has 0 spiro atoms. The summed E-state index contributed by atoms with van der Waals surface area (Å²) in [7, 11) is -4.95. The maximum Gasteiger partial charge on any atom is 1.00 e. The van der Waals surface area contributed by atoms with Crippen molar-refractivity contribution in [1.82, 2.24) is 0 Å². The smallest absolute Gasteiger partial charge is 0.744 e. The fourth-order valence-electron chi connectivity index (χ4n) is 4.29. The summed E-state index contributed by atoms with van der Waals surface area (Å²) in [5, 5.41) is 0.872. The van der Waals surface area contributed by atoms with Crippen LogP contribution in [-0.4, -0.2) is 24.3 Å². The van der Waals surface area contributed by atoms with E-state index in [4.69, 9.17) is 0 Å². The van der Waals surface area contributed by atoms with Gasteiger partial charge in [0.05, 0.1) is 4.90 Å². The van der Waals surface area contributed by atoms with Gasteiger partial charge in [-0.25, -0.2) is 8.42 Å². The van der Waals surface area contributed by atoms with Gasteiger partial charge < -0.3 is 4.55 Å². The first-order valence-electron chi connectivity index (χ1n) is 8.90. The predicted octanol–water partition coefficient (Wildman–Crippen LogP) is 1.37. The van der Waals surface area contributed by atoms with Gasteiger partial charge in [-0.1, -0.05) is 64.6 Å². The Morgan fingerprint density at radius 3 is 1.75 bits per heavy atom. The first kappa shape index (κ1) is 20.9. The molecule has 0 bridgehead atoms. The van der Waals surface area contributed by atoms with Crippen molar-refractivity contribution in [3.05, 3.63) is 24.3 Å². The van der Waals surface area contributed by atoms with Crippen molar-refractivity contribution >= 4 is 23.3 Å². The molecule has 6 heteroatoms. The number of rotatable bonds is 4. The molecule has 24 heavy (non-hydrogen) atoms. The predicted molar refractivity (Wildman–Crippen MR) is 94.7 cm³/mol. The van der Waals surface area contributed by atoms with Crippen molar-refractivity contribution in [2.75, 3.05) is 0 Å². The summed E-state index contributed by atoms with van der Waals surface area (Å²) in [6, 6.07) is 7.05. The Morgan fingerprint density at radius 2 is 1.29 bits per heavy atom. The van der Waals surface area contributed by atoms with Gasteiger partial charge >= 0.3 is 29.6 Å². The van der Waals surface area contributed by atoms with Crippen molar-refractivity contribution in [2.24, 2.45) is 0 Å². The van der Waals surface area contributed by atoms with Gasteiger partial charge in [-0.2, -0.15) is 0 Å². The van der Waals surface area contributed by atoms with E-state index in [-0.39, 0.29) is 34.5 Å². The van der Waals surface area contributed by atoms with E-state index < -0.39 is 18.0 Å². The van der Waals surface area contributed by atoms with Crippen LogP contribution in [0.25, 0.3) is 0 Å². The van der Waals surface area contributed by atoms with Crippen LogP contribution in [-0.2, 0) is 10.1 Å². The fourth-order valence-corrected chi connectivity index (χ4v) is 9.33. The average molecular weight is 376 g/mol. The minimum Gasteiger partial charge on any atom is -0.744 e. The Balaban J connectivity index is 0.00000208. The monoisotopic (exact) mass is 376 g/mol. The summed E-state index contributed by atoms with van der Waals surface area (Å²) in [4.78, 5) is 0.0576. The van der Waals surface area contributed by atoms with Crippen LogP contribution in [0.3, 0.4) is 0 Å². The van der Waals surface area contributed by atoms with Crippen molar-refractivity contribution in [2.45, 2.75) is 80.4 Å². The Bertz CT molecular complexity index is 605. The average Bonchev–Trinajstić information content (AvgIpc) is 2.57. The topological polar surface area (TPSA) is 57.2 Å². The second-order valence-corrected chi connectivity index (χ2v) is 11.0. The SMILES string of the molecule is O=S(=O)([O-])c1ccccc1P(C1CCCCC1)C1CCCCC1.[Na+]. The van der Waals surface area contributed by atoms with Crippen molar-refractivity contribution in [3.8, 4) is 0 Å². The quantitative estimate of drug-likeness (QED) is 0.453. The Labute approximate surface area is 169 Å². The molecule has 2 aliphatic carbocycles. The fraction of sp³-hybridized carbons (Fsp3) is 0.667. The molecule has 1 aromatic rings. The molecule has 3 nitrogen and oxygen atoms in total. The zero-order valence-corrected chi connectivity index (χ0v) is 18.3. The third kappa shape index (κ3) is 5.05. The zero-order valence-electron chi connectivity index (χ0n) is 14.6. The van der Waals surface area contributed by atoms with Crippen molar-refractivity contribution in [3.63, 3.8) is 0 Å². The summed E-state index contributed by atoms with van der Waals surface area (Å²) in [6.45, 7) is 0. The molecule has 0 radical (unpaired) electrons. The number of hydrogen-bond donors (Lipinski definition) is 0. The standard InChI is InChI=1S/C18H27O3PS.Na/c19-23(20,21)18-14-8-7-13-17(18)22(15-9-3-1-4-10-15)16-11-5-2-6-12-16;/h7-8,13-16H,1-6,9-12H2,(H,19,20,21);/q;+1/p-1. The van der Waals surface area contributed by atoms with E-state index in [9.17, 15) is 13.0 Å². The van der Waals surface area contributed by atoms with Crippen LogP contribution in [0.1, 0.15) is 64.2 Å². The number of hydrogen-bond acceptors (Lipinski definition) is 3. The van der Waals surface area contributed by atoms with E-state index >= 15 is 0 Å². The molecule has 0 aromatic heterocycles. The van der Waals surface area contributed by atoms with Crippen LogP contribution in [0.2, 0.25) is 0 Å². The third-order valence-corrected chi connectivity index (χ3v) is 9.95. The molecule has 0 atom stereocenters. The molecule has 0 aliphatic heterocycles. The molecule has 2 fully saturated rings. The summed E-state index contributed by atoms with van der Waals surface area (Å²) in [5.74, 6) is 0. The van der Waals surface area contributed by atoms with E-state index in [0.717, 1.165) is 5.30 Å². The summed E-state index contributed by atoms with van der Waals surface area (Å²) >= 11 is 0. The van der Waals surface area contributed by atoms with Crippen LogP contribution >= 0.6 is 7.92 Å². The van der Waals surface area contributed by atoms with E-state index in [2.05, 4.69) is 0 Å². The molecule has 1 aromatic carbocycles. The molecule has 2 saturated carbocycles. The van der Waals surface area contributed by atoms with Gasteiger partial charge in [0.25, 0.3) is 0 Å². The summed E-state index contributed by atoms with van der Waals surface area (Å²) in [6.07, 6.45) is 12.4. The Morgan fingerprint density at radius 1 is 0.833 bits per heavy atom. The van der Waals surface area contributed by atoms with Crippen molar-refractivity contribution < 1.29 is 42.5 Å².